The van der Waals surface area contributed by atoms with E-state index in [4.69, 9.17) is 19.2 Å². The van der Waals surface area contributed by atoms with Crippen LogP contribution in [0.15, 0.2) is 30.3 Å². The van der Waals surface area contributed by atoms with E-state index in [2.05, 4.69) is 5.32 Å². The number of pyridine rings is 1. The molecule has 1 atom stereocenters. The highest BCUT2D eigenvalue weighted by molar-refractivity contribution is 5.85. The number of benzene rings is 1. The first-order valence-corrected chi connectivity index (χ1v) is 11.4. The van der Waals surface area contributed by atoms with Crippen LogP contribution in [-0.4, -0.2) is 68.0 Å². The van der Waals surface area contributed by atoms with Crippen molar-refractivity contribution in [3.63, 3.8) is 0 Å². The van der Waals surface area contributed by atoms with Gasteiger partial charge >= 0.3 is 0 Å². The van der Waals surface area contributed by atoms with Crippen molar-refractivity contribution in [2.24, 2.45) is 0 Å². The van der Waals surface area contributed by atoms with Gasteiger partial charge in [0.25, 0.3) is 5.91 Å². The molecule has 7 nitrogen and oxygen atoms in total. The fourth-order valence-electron chi connectivity index (χ4n) is 4.47. The molecule has 1 aliphatic carbocycles. The van der Waals surface area contributed by atoms with E-state index < -0.39 is 6.10 Å². The van der Waals surface area contributed by atoms with E-state index in [9.17, 15) is 4.79 Å². The summed E-state index contributed by atoms with van der Waals surface area (Å²) in [5, 5.41) is 4.26. The number of morpholine rings is 1. The summed E-state index contributed by atoms with van der Waals surface area (Å²) in [5.74, 6) is 0.878. The molecule has 1 saturated heterocycles. The third kappa shape index (κ3) is 5.53. The molecule has 2 aromatic rings. The maximum atomic E-state index is 13.4. The number of nitrogens with one attached hydrogen (secondary N) is 1. The first-order valence-electron chi connectivity index (χ1n) is 11.4. The largest absolute Gasteiger partial charge is 0.493 e. The van der Waals surface area contributed by atoms with Crippen LogP contribution in [0.1, 0.15) is 37.8 Å². The Hall–Kier alpha value is -2.22. The minimum absolute atomic E-state index is 0.0663. The molecule has 0 radical (unpaired) electrons. The maximum Gasteiger partial charge on any atom is 0.253 e. The number of hydrogen-bond acceptors (Lipinski definition) is 6. The average molecular weight is 428 g/mol. The molecular formula is C24H33N3O4. The van der Waals surface area contributed by atoms with Crippen LogP contribution in [0.3, 0.4) is 0 Å². The Morgan fingerprint density at radius 2 is 2.10 bits per heavy atom. The topological polar surface area (TPSA) is 72.9 Å². The Balaban J connectivity index is 1.57. The second-order valence-electron chi connectivity index (χ2n) is 8.29. The lowest BCUT2D eigenvalue weighted by Gasteiger charge is -2.33. The molecule has 7 heteroatoms. The summed E-state index contributed by atoms with van der Waals surface area (Å²) in [7, 11) is 1.69. The van der Waals surface area contributed by atoms with E-state index in [1.807, 2.05) is 35.2 Å². The van der Waals surface area contributed by atoms with Gasteiger partial charge in [0.15, 0.2) is 0 Å². The molecule has 0 spiro atoms. The first-order chi connectivity index (χ1) is 15.3. The summed E-state index contributed by atoms with van der Waals surface area (Å²) in [6.45, 7) is 3.65. The molecule has 2 fully saturated rings. The number of carbonyl (C=O) groups excluding carboxylic acids is 1. The van der Waals surface area contributed by atoms with Crippen molar-refractivity contribution < 1.29 is 19.0 Å². The minimum atomic E-state index is -0.417. The molecule has 2 heterocycles. The van der Waals surface area contributed by atoms with E-state index in [1.54, 1.807) is 7.11 Å². The lowest BCUT2D eigenvalue weighted by Crippen LogP contribution is -2.51. The van der Waals surface area contributed by atoms with E-state index in [-0.39, 0.29) is 11.9 Å². The predicted octanol–water partition coefficient (Wildman–Crippen LogP) is 2.91. The Labute approximate surface area is 184 Å². The van der Waals surface area contributed by atoms with E-state index in [0.29, 0.717) is 32.9 Å². The zero-order valence-electron chi connectivity index (χ0n) is 18.3. The fraction of sp³-hybridized carbons (Fsp3) is 0.583. The molecule has 1 aromatic carbocycles. The van der Waals surface area contributed by atoms with Gasteiger partial charge in [-0.25, -0.2) is 0 Å². The lowest BCUT2D eigenvalue weighted by atomic mass is 10.1. The van der Waals surface area contributed by atoms with Crippen molar-refractivity contribution in [2.45, 2.75) is 50.8 Å². The monoisotopic (exact) mass is 427 g/mol. The molecular weight excluding hydrogens is 394 g/mol. The number of methoxy groups -OCH3 is 1. The van der Waals surface area contributed by atoms with Gasteiger partial charge in [0.2, 0.25) is 0 Å². The van der Waals surface area contributed by atoms with Gasteiger partial charge in [-0.05, 0) is 25.0 Å². The van der Waals surface area contributed by atoms with Crippen LogP contribution in [0.5, 0.6) is 5.75 Å². The van der Waals surface area contributed by atoms with Crippen molar-refractivity contribution in [2.75, 3.05) is 40.0 Å². The number of fused-ring (bicyclic) bond motifs is 1. The molecule has 0 bridgehead atoms. The Morgan fingerprint density at radius 3 is 2.87 bits per heavy atom. The molecule has 4 rings (SSSR count). The molecule has 1 aromatic heterocycles. The Morgan fingerprint density at radius 1 is 1.26 bits per heavy atom. The highest BCUT2D eigenvalue weighted by Crippen LogP contribution is 2.29. The van der Waals surface area contributed by atoms with Crippen molar-refractivity contribution in [3.05, 3.63) is 36.0 Å². The SMILES string of the molecule is COCCCOc1cc(CN(C(=O)[C@H]2CNCCO2)C2CCCC2)nc2ccccc12. The Kier molecular flexibility index (Phi) is 7.72. The van der Waals surface area contributed by atoms with Crippen LogP contribution < -0.4 is 10.1 Å². The number of rotatable bonds is 9. The van der Waals surface area contributed by atoms with E-state index in [1.165, 1.54) is 0 Å². The van der Waals surface area contributed by atoms with Gasteiger partial charge in [-0.2, -0.15) is 0 Å². The van der Waals surface area contributed by atoms with Crippen LogP contribution in [0.25, 0.3) is 10.9 Å². The van der Waals surface area contributed by atoms with Gasteiger partial charge in [0, 0.05) is 50.7 Å². The summed E-state index contributed by atoms with van der Waals surface area (Å²) < 4.78 is 17.0. The van der Waals surface area contributed by atoms with Crippen LogP contribution in [-0.2, 0) is 20.8 Å². The minimum Gasteiger partial charge on any atom is -0.493 e. The number of amides is 1. The summed E-state index contributed by atoms with van der Waals surface area (Å²) in [6, 6.07) is 10.2. The zero-order chi connectivity index (χ0) is 21.5. The van der Waals surface area contributed by atoms with E-state index >= 15 is 0 Å². The summed E-state index contributed by atoms with van der Waals surface area (Å²) in [6.07, 6.45) is 4.81. The van der Waals surface area contributed by atoms with Crippen LogP contribution in [0, 0.1) is 0 Å². The second-order valence-corrected chi connectivity index (χ2v) is 8.29. The number of para-hydroxylation sites is 1. The first kappa shape index (κ1) is 22.0. The molecule has 1 saturated carbocycles. The predicted molar refractivity (Wildman–Crippen MR) is 119 cm³/mol. The third-order valence-electron chi connectivity index (χ3n) is 6.07. The van der Waals surface area contributed by atoms with Crippen molar-refractivity contribution >= 4 is 16.8 Å². The molecule has 168 valence electrons. The van der Waals surface area contributed by atoms with Gasteiger partial charge in [0.1, 0.15) is 11.9 Å². The standard InChI is InChI=1S/C24H33N3O4/c1-29-12-6-13-30-22-15-18(26-21-10-5-4-9-20(21)22)17-27(19-7-2-3-8-19)24(28)23-16-25-11-14-31-23/h4-5,9-10,15,19,23,25H,2-3,6-8,11-14,16-17H2,1H3/t23-/m1/s1. The average Bonchev–Trinajstić information content (AvgIpc) is 3.35. The number of carbonyl (C=O) groups is 1. The van der Waals surface area contributed by atoms with E-state index in [0.717, 1.165) is 61.0 Å². The number of ether oxygens (including phenoxy) is 3. The van der Waals surface area contributed by atoms with Crippen LogP contribution in [0.2, 0.25) is 0 Å². The molecule has 31 heavy (non-hydrogen) atoms. The van der Waals surface area contributed by atoms with Gasteiger partial charge in [-0.1, -0.05) is 25.0 Å². The lowest BCUT2D eigenvalue weighted by molar-refractivity contribution is -0.148. The highest BCUT2D eigenvalue weighted by atomic mass is 16.5. The van der Waals surface area contributed by atoms with Gasteiger partial charge in [-0.15, -0.1) is 0 Å². The molecule has 1 aliphatic heterocycles. The summed E-state index contributed by atoms with van der Waals surface area (Å²) in [5.41, 5.74) is 1.74. The van der Waals surface area contributed by atoms with Crippen LogP contribution >= 0.6 is 0 Å². The zero-order valence-corrected chi connectivity index (χ0v) is 18.3. The molecule has 0 unspecified atom stereocenters. The summed E-state index contributed by atoms with van der Waals surface area (Å²) in [4.78, 5) is 20.2. The van der Waals surface area contributed by atoms with Gasteiger partial charge in [-0.3, -0.25) is 9.78 Å². The van der Waals surface area contributed by atoms with Crippen LogP contribution in [0.4, 0.5) is 0 Å². The fourth-order valence-corrected chi connectivity index (χ4v) is 4.47. The number of aromatic nitrogens is 1. The molecule has 1 N–H and O–H groups in total. The maximum absolute atomic E-state index is 13.4. The number of nitrogens with zero attached hydrogens (tertiary/aromatic N) is 2. The van der Waals surface area contributed by atoms with Gasteiger partial charge in [0.05, 0.1) is 31.0 Å². The highest BCUT2D eigenvalue weighted by Gasteiger charge is 2.33. The van der Waals surface area contributed by atoms with Crippen molar-refractivity contribution in [1.82, 2.24) is 15.2 Å². The second kappa shape index (κ2) is 10.9. The Bertz CT molecular complexity index is 863. The third-order valence-corrected chi connectivity index (χ3v) is 6.07. The normalized spacial score (nSPS) is 19.6. The molecule has 2 aliphatic rings. The van der Waals surface area contributed by atoms with Gasteiger partial charge < -0.3 is 24.4 Å². The summed E-state index contributed by atoms with van der Waals surface area (Å²) >= 11 is 0. The quantitative estimate of drug-likeness (QED) is 0.621. The number of hydrogen-bond donors (Lipinski definition) is 1. The smallest absolute Gasteiger partial charge is 0.253 e. The van der Waals surface area contributed by atoms with Crippen molar-refractivity contribution in [1.29, 1.82) is 0 Å². The van der Waals surface area contributed by atoms with Crippen molar-refractivity contribution in [3.8, 4) is 5.75 Å². The molecule has 1 amide bonds.